The lowest BCUT2D eigenvalue weighted by Gasteiger charge is -2.32. The van der Waals surface area contributed by atoms with Crippen molar-refractivity contribution in [2.24, 2.45) is 0 Å². The second-order valence-corrected chi connectivity index (χ2v) is 6.69. The first-order valence-electron chi connectivity index (χ1n) is 8.70. The van der Waals surface area contributed by atoms with Gasteiger partial charge in [-0.2, -0.15) is 0 Å². The topological polar surface area (TPSA) is 32.3 Å². The highest BCUT2D eigenvalue weighted by molar-refractivity contribution is 5.76. The zero-order valence-corrected chi connectivity index (χ0v) is 14.3. The Bertz CT molecular complexity index is 476. The number of likely N-dealkylation sites (tertiary alicyclic amines) is 1. The zero-order valence-electron chi connectivity index (χ0n) is 14.3. The number of nitrogens with one attached hydrogen (secondary N) is 1. The molecule has 0 unspecified atom stereocenters. The molecule has 3 heteroatoms. The number of benzene rings is 1. The summed E-state index contributed by atoms with van der Waals surface area (Å²) in [6.07, 6.45) is 3.83. The van der Waals surface area contributed by atoms with Crippen LogP contribution in [0.15, 0.2) is 24.3 Å². The molecule has 2 rings (SSSR count). The molecule has 0 aromatic heterocycles. The van der Waals surface area contributed by atoms with Crippen LogP contribution in [-0.4, -0.2) is 29.9 Å². The molecule has 122 valence electrons. The lowest BCUT2D eigenvalue weighted by molar-refractivity contribution is -0.132. The van der Waals surface area contributed by atoms with Gasteiger partial charge in [0.05, 0.1) is 0 Å². The van der Waals surface area contributed by atoms with Crippen molar-refractivity contribution < 1.29 is 4.79 Å². The van der Waals surface area contributed by atoms with E-state index in [1.54, 1.807) is 0 Å². The van der Waals surface area contributed by atoms with Gasteiger partial charge in [0.2, 0.25) is 5.91 Å². The van der Waals surface area contributed by atoms with E-state index in [4.69, 9.17) is 0 Å². The van der Waals surface area contributed by atoms with Crippen LogP contribution in [0.5, 0.6) is 0 Å². The summed E-state index contributed by atoms with van der Waals surface area (Å²) in [7, 11) is 0. The van der Waals surface area contributed by atoms with Crippen molar-refractivity contribution >= 4 is 5.91 Å². The Morgan fingerprint density at radius 3 is 2.68 bits per heavy atom. The third kappa shape index (κ3) is 4.84. The fourth-order valence-electron chi connectivity index (χ4n) is 3.11. The predicted molar refractivity (Wildman–Crippen MR) is 91.9 cm³/mol. The predicted octanol–water partition coefficient (Wildman–Crippen LogP) is 3.69. The van der Waals surface area contributed by atoms with Gasteiger partial charge in [0.15, 0.2) is 0 Å². The van der Waals surface area contributed by atoms with E-state index >= 15 is 0 Å². The van der Waals surface area contributed by atoms with Crippen molar-refractivity contribution in [2.45, 2.75) is 65.0 Å². The summed E-state index contributed by atoms with van der Waals surface area (Å²) in [5.74, 6) is 0.931. The number of rotatable bonds is 6. The Kier molecular flexibility index (Phi) is 6.44. The van der Waals surface area contributed by atoms with Gasteiger partial charge < -0.3 is 10.2 Å². The first kappa shape index (κ1) is 17.0. The van der Waals surface area contributed by atoms with E-state index in [-0.39, 0.29) is 0 Å². The average molecular weight is 302 g/mol. The molecule has 1 N–H and O–H groups in total. The molecule has 1 aliphatic heterocycles. The van der Waals surface area contributed by atoms with Crippen LogP contribution >= 0.6 is 0 Å². The Morgan fingerprint density at radius 1 is 1.32 bits per heavy atom. The summed E-state index contributed by atoms with van der Waals surface area (Å²) in [6, 6.07) is 9.45. The summed E-state index contributed by atoms with van der Waals surface area (Å²) in [5.41, 5.74) is 2.79. The van der Waals surface area contributed by atoms with Crippen LogP contribution in [0.1, 0.15) is 63.5 Å². The molecule has 1 aromatic rings. The van der Waals surface area contributed by atoms with Crippen molar-refractivity contribution in [3.63, 3.8) is 0 Å². The van der Waals surface area contributed by atoms with Gasteiger partial charge in [0.25, 0.3) is 0 Å². The molecule has 0 aliphatic carbocycles. The van der Waals surface area contributed by atoms with E-state index in [0.29, 0.717) is 24.3 Å². The van der Waals surface area contributed by atoms with Crippen LogP contribution in [0.3, 0.4) is 0 Å². The summed E-state index contributed by atoms with van der Waals surface area (Å²) < 4.78 is 0. The fourth-order valence-corrected chi connectivity index (χ4v) is 3.11. The van der Waals surface area contributed by atoms with E-state index in [2.05, 4.69) is 50.4 Å². The van der Waals surface area contributed by atoms with Gasteiger partial charge in [0.1, 0.15) is 0 Å². The monoisotopic (exact) mass is 302 g/mol. The Labute approximate surface area is 135 Å². The number of nitrogens with zero attached hydrogens (tertiary/aromatic N) is 1. The average Bonchev–Trinajstić information content (AvgIpc) is 2.53. The highest BCUT2D eigenvalue weighted by atomic mass is 16.2. The molecule has 1 aliphatic rings. The fraction of sp³-hybridized carbons (Fsp3) is 0.632. The van der Waals surface area contributed by atoms with Crippen LogP contribution in [0, 0.1) is 0 Å². The summed E-state index contributed by atoms with van der Waals surface area (Å²) in [6.45, 7) is 9.18. The first-order valence-corrected chi connectivity index (χ1v) is 8.70. The molecule has 0 saturated carbocycles. The minimum atomic E-state index is 0.329. The SMILES string of the molecule is CCCC(=O)N1CCC(c2cccc(CNC(C)C)c2)CC1. The molecule has 0 radical (unpaired) electrons. The molecular formula is C19H30N2O. The van der Waals surface area contributed by atoms with Crippen molar-refractivity contribution in [1.29, 1.82) is 0 Å². The maximum absolute atomic E-state index is 12.0. The minimum absolute atomic E-state index is 0.329. The Hall–Kier alpha value is -1.35. The third-order valence-corrected chi connectivity index (χ3v) is 4.45. The zero-order chi connectivity index (χ0) is 15.9. The lowest BCUT2D eigenvalue weighted by Crippen LogP contribution is -2.37. The van der Waals surface area contributed by atoms with E-state index in [1.807, 2.05) is 4.90 Å². The molecule has 1 saturated heterocycles. The number of hydrogen-bond acceptors (Lipinski definition) is 2. The second kappa shape index (κ2) is 8.33. The molecule has 1 fully saturated rings. The molecule has 1 aromatic carbocycles. The second-order valence-electron chi connectivity index (χ2n) is 6.69. The number of hydrogen-bond donors (Lipinski definition) is 1. The highest BCUT2D eigenvalue weighted by Gasteiger charge is 2.23. The molecule has 0 bridgehead atoms. The van der Waals surface area contributed by atoms with E-state index in [1.165, 1.54) is 11.1 Å². The van der Waals surface area contributed by atoms with Crippen LogP contribution in [0.4, 0.5) is 0 Å². The molecule has 22 heavy (non-hydrogen) atoms. The van der Waals surface area contributed by atoms with Gasteiger partial charge >= 0.3 is 0 Å². The Balaban J connectivity index is 1.91. The molecule has 0 spiro atoms. The Morgan fingerprint density at radius 2 is 2.05 bits per heavy atom. The van der Waals surface area contributed by atoms with Crippen LogP contribution in [0.2, 0.25) is 0 Å². The van der Waals surface area contributed by atoms with Gasteiger partial charge in [-0.05, 0) is 36.3 Å². The molecule has 1 heterocycles. The maximum atomic E-state index is 12.0. The van der Waals surface area contributed by atoms with Gasteiger partial charge in [-0.15, -0.1) is 0 Å². The quantitative estimate of drug-likeness (QED) is 0.869. The van der Waals surface area contributed by atoms with Crippen LogP contribution < -0.4 is 5.32 Å². The number of carbonyl (C=O) groups excluding carboxylic acids is 1. The lowest BCUT2D eigenvalue weighted by atomic mass is 9.88. The van der Waals surface area contributed by atoms with E-state index < -0.39 is 0 Å². The van der Waals surface area contributed by atoms with Gasteiger partial charge in [0, 0.05) is 32.1 Å². The summed E-state index contributed by atoms with van der Waals surface area (Å²) in [4.78, 5) is 14.0. The maximum Gasteiger partial charge on any atom is 0.222 e. The summed E-state index contributed by atoms with van der Waals surface area (Å²) >= 11 is 0. The van der Waals surface area contributed by atoms with Gasteiger partial charge in [-0.25, -0.2) is 0 Å². The van der Waals surface area contributed by atoms with Crippen LogP contribution in [0.25, 0.3) is 0 Å². The van der Waals surface area contributed by atoms with Crippen LogP contribution in [-0.2, 0) is 11.3 Å². The number of amides is 1. The van der Waals surface area contributed by atoms with E-state index in [9.17, 15) is 4.79 Å². The van der Waals surface area contributed by atoms with Gasteiger partial charge in [-0.1, -0.05) is 45.0 Å². The van der Waals surface area contributed by atoms with Crippen molar-refractivity contribution in [2.75, 3.05) is 13.1 Å². The molecule has 0 atom stereocenters. The number of carbonyl (C=O) groups is 1. The standard InChI is InChI=1S/C19H30N2O/c1-4-6-19(22)21-11-9-17(10-12-21)18-8-5-7-16(13-18)14-20-15(2)3/h5,7-8,13,15,17,20H,4,6,9-12,14H2,1-3H3. The minimum Gasteiger partial charge on any atom is -0.343 e. The normalized spacial score (nSPS) is 16.3. The van der Waals surface area contributed by atoms with E-state index in [0.717, 1.165) is 38.9 Å². The summed E-state index contributed by atoms with van der Waals surface area (Å²) in [5, 5.41) is 3.48. The van der Waals surface area contributed by atoms with Gasteiger partial charge in [-0.3, -0.25) is 4.79 Å². The van der Waals surface area contributed by atoms with Crippen molar-refractivity contribution in [3.8, 4) is 0 Å². The molecule has 3 nitrogen and oxygen atoms in total. The molecular weight excluding hydrogens is 272 g/mol. The highest BCUT2D eigenvalue weighted by Crippen LogP contribution is 2.28. The smallest absolute Gasteiger partial charge is 0.222 e. The first-order chi connectivity index (χ1) is 10.6. The van der Waals surface area contributed by atoms with Crippen molar-refractivity contribution in [1.82, 2.24) is 10.2 Å². The largest absolute Gasteiger partial charge is 0.343 e. The molecule has 1 amide bonds. The third-order valence-electron chi connectivity index (χ3n) is 4.45. The number of piperidine rings is 1. The van der Waals surface area contributed by atoms with Crippen molar-refractivity contribution in [3.05, 3.63) is 35.4 Å².